The number of ether oxygens (including phenoxy) is 1. The Morgan fingerprint density at radius 1 is 1.57 bits per heavy atom. The lowest BCUT2D eigenvalue weighted by Crippen LogP contribution is -2.37. The van der Waals surface area contributed by atoms with E-state index >= 15 is 0 Å². The Morgan fingerprint density at radius 3 is 2.78 bits per heavy atom. The highest BCUT2D eigenvalue weighted by atomic mass is 19.3. The molecule has 0 aliphatic carbocycles. The van der Waals surface area contributed by atoms with Gasteiger partial charge in [-0.15, -0.1) is 0 Å². The van der Waals surface area contributed by atoms with Crippen molar-refractivity contribution in [3.63, 3.8) is 0 Å². The fourth-order valence-corrected chi connectivity index (χ4v) is 2.12. The van der Waals surface area contributed by atoms with Crippen LogP contribution in [0.2, 0.25) is 0 Å². The fraction of sp³-hybridized carbons (Fsp3) is 0.643. The lowest BCUT2D eigenvalue weighted by Gasteiger charge is -2.20. The molecular formula is C14H21F2N4O3. The van der Waals surface area contributed by atoms with Crippen LogP contribution in [0, 0.1) is 12.3 Å². The number of hydrogen-bond acceptors (Lipinski definition) is 6. The van der Waals surface area contributed by atoms with E-state index in [9.17, 15) is 13.6 Å². The highest BCUT2D eigenvalue weighted by Gasteiger charge is 2.52. The Hall–Kier alpha value is -1.58. The highest BCUT2D eigenvalue weighted by molar-refractivity contribution is 5.32. The number of hydrogen-bond donors (Lipinski definition) is 3. The molecule has 1 aliphatic heterocycles. The van der Waals surface area contributed by atoms with E-state index in [0.717, 1.165) is 0 Å². The number of alkyl halides is 2. The molecule has 4 N–H and O–H groups in total. The van der Waals surface area contributed by atoms with Gasteiger partial charge in [0.05, 0.1) is 19.1 Å². The Labute approximate surface area is 132 Å². The van der Waals surface area contributed by atoms with Crippen molar-refractivity contribution in [3.05, 3.63) is 29.2 Å². The fourth-order valence-electron chi connectivity index (χ4n) is 2.12. The van der Waals surface area contributed by atoms with E-state index in [4.69, 9.17) is 15.6 Å². The second-order valence-electron chi connectivity index (χ2n) is 5.84. The van der Waals surface area contributed by atoms with Gasteiger partial charge in [-0.25, -0.2) is 13.6 Å². The van der Waals surface area contributed by atoms with Crippen LogP contribution in [0.15, 0.2) is 17.1 Å². The molecule has 1 aromatic rings. The smallest absolute Gasteiger partial charge is 0.351 e. The van der Waals surface area contributed by atoms with Gasteiger partial charge >= 0.3 is 5.69 Å². The molecule has 1 unspecified atom stereocenters. The van der Waals surface area contributed by atoms with Crippen LogP contribution in [-0.4, -0.2) is 45.9 Å². The average molecular weight is 331 g/mol. The summed E-state index contributed by atoms with van der Waals surface area (Å²) in [5.41, 5.74) is 5.01. The SMILES string of the molecule is CC(C)C(N)CNc1ccn([C@@H]2O[C@@H](CO)[CH]C2(F)F)c(=O)n1. The molecule has 0 saturated carbocycles. The van der Waals surface area contributed by atoms with Gasteiger partial charge in [-0.3, -0.25) is 4.57 Å². The summed E-state index contributed by atoms with van der Waals surface area (Å²) in [6, 6.07) is 1.28. The van der Waals surface area contributed by atoms with E-state index in [2.05, 4.69) is 10.3 Å². The van der Waals surface area contributed by atoms with Crippen molar-refractivity contribution < 1.29 is 18.6 Å². The first-order chi connectivity index (χ1) is 10.7. The van der Waals surface area contributed by atoms with E-state index in [0.29, 0.717) is 17.5 Å². The van der Waals surface area contributed by atoms with Gasteiger partial charge in [0.1, 0.15) is 5.82 Å². The maximum Gasteiger partial charge on any atom is 0.351 e. The summed E-state index contributed by atoms with van der Waals surface area (Å²) in [4.78, 5) is 15.7. The first-order valence-electron chi connectivity index (χ1n) is 7.33. The molecule has 129 valence electrons. The third-order valence-electron chi connectivity index (χ3n) is 3.68. The zero-order chi connectivity index (χ0) is 17.2. The molecule has 7 nitrogen and oxygen atoms in total. The van der Waals surface area contributed by atoms with Crippen molar-refractivity contribution in [3.8, 4) is 0 Å². The normalized spacial score (nSPS) is 24.8. The second-order valence-corrected chi connectivity index (χ2v) is 5.84. The summed E-state index contributed by atoms with van der Waals surface area (Å²) >= 11 is 0. The minimum absolute atomic E-state index is 0.123. The first kappa shape index (κ1) is 17.8. The second kappa shape index (κ2) is 6.90. The molecule has 0 bridgehead atoms. The van der Waals surface area contributed by atoms with Crippen molar-refractivity contribution in [1.29, 1.82) is 0 Å². The van der Waals surface area contributed by atoms with Crippen LogP contribution in [0.5, 0.6) is 0 Å². The van der Waals surface area contributed by atoms with Crippen LogP contribution < -0.4 is 16.7 Å². The van der Waals surface area contributed by atoms with E-state index in [1.54, 1.807) is 0 Å². The van der Waals surface area contributed by atoms with Gasteiger partial charge in [-0.05, 0) is 12.0 Å². The van der Waals surface area contributed by atoms with Crippen molar-refractivity contribution in [2.45, 2.75) is 38.1 Å². The summed E-state index contributed by atoms with van der Waals surface area (Å²) in [5.74, 6) is -2.86. The molecule has 0 spiro atoms. The summed E-state index contributed by atoms with van der Waals surface area (Å²) in [6.07, 6.45) is -1.17. The zero-order valence-electron chi connectivity index (χ0n) is 12.9. The number of rotatable bonds is 6. The van der Waals surface area contributed by atoms with Crippen LogP contribution in [0.4, 0.5) is 14.6 Å². The molecule has 1 saturated heterocycles. The lowest BCUT2D eigenvalue weighted by molar-refractivity contribution is -0.116. The maximum absolute atomic E-state index is 13.8. The van der Waals surface area contributed by atoms with Gasteiger partial charge in [0.25, 0.3) is 5.92 Å². The molecule has 1 aromatic heterocycles. The van der Waals surface area contributed by atoms with Gasteiger partial charge in [0.2, 0.25) is 6.23 Å². The Kier molecular flexibility index (Phi) is 5.33. The van der Waals surface area contributed by atoms with Gasteiger partial charge in [-0.2, -0.15) is 4.98 Å². The predicted molar refractivity (Wildman–Crippen MR) is 80.0 cm³/mol. The summed E-state index contributed by atoms with van der Waals surface area (Å²) in [5, 5.41) is 11.8. The lowest BCUT2D eigenvalue weighted by atomic mass is 10.1. The van der Waals surface area contributed by atoms with Crippen molar-refractivity contribution in [1.82, 2.24) is 9.55 Å². The molecule has 23 heavy (non-hydrogen) atoms. The Bertz CT molecular complexity index is 594. The number of aromatic nitrogens is 2. The maximum atomic E-state index is 13.8. The van der Waals surface area contributed by atoms with Crippen LogP contribution in [0.25, 0.3) is 0 Å². The Morgan fingerprint density at radius 2 is 2.26 bits per heavy atom. The van der Waals surface area contributed by atoms with Crippen LogP contribution >= 0.6 is 0 Å². The number of aliphatic hydroxyl groups excluding tert-OH is 1. The van der Waals surface area contributed by atoms with Gasteiger partial charge in [0, 0.05) is 18.8 Å². The molecular weight excluding hydrogens is 310 g/mol. The summed E-state index contributed by atoms with van der Waals surface area (Å²) in [6.45, 7) is 3.75. The standard InChI is InChI=1S/C14H21F2N4O3/c1-8(2)10(17)6-18-11-3-4-20(13(22)19-11)12-14(15,16)5-9(7-21)23-12/h3-5,8-10,12,21H,6-7,17H2,1-2H3,(H,18,19,22)/t9-,10?,12-/m1/s1. The third kappa shape index (κ3) is 4.04. The number of nitrogens with one attached hydrogen (secondary N) is 1. The number of aliphatic hydroxyl groups is 1. The van der Waals surface area contributed by atoms with Gasteiger partial charge in [0.15, 0.2) is 0 Å². The highest BCUT2D eigenvalue weighted by Crippen LogP contribution is 2.40. The van der Waals surface area contributed by atoms with E-state index in [1.165, 1.54) is 12.3 Å². The minimum Gasteiger partial charge on any atom is -0.394 e. The van der Waals surface area contributed by atoms with Crippen molar-refractivity contribution in [2.24, 2.45) is 11.7 Å². The molecule has 0 amide bonds. The predicted octanol–water partition coefficient (Wildman–Crippen LogP) is 0.368. The molecule has 1 radical (unpaired) electrons. The van der Waals surface area contributed by atoms with Crippen molar-refractivity contribution in [2.75, 3.05) is 18.5 Å². The third-order valence-corrected chi connectivity index (χ3v) is 3.68. The molecule has 0 aromatic carbocycles. The number of anilines is 1. The van der Waals surface area contributed by atoms with Crippen LogP contribution in [-0.2, 0) is 4.74 Å². The number of nitrogens with two attached hydrogens (primary N) is 1. The Balaban J connectivity index is 2.12. The number of nitrogens with zero attached hydrogens (tertiary/aromatic N) is 2. The molecule has 2 rings (SSSR count). The van der Waals surface area contributed by atoms with Gasteiger partial charge < -0.3 is 20.9 Å². The molecule has 1 aliphatic rings. The molecule has 3 atom stereocenters. The average Bonchev–Trinajstić information content (AvgIpc) is 2.79. The van der Waals surface area contributed by atoms with Crippen LogP contribution in [0.1, 0.15) is 20.1 Å². The topological polar surface area (TPSA) is 102 Å². The first-order valence-corrected chi connectivity index (χ1v) is 7.33. The van der Waals surface area contributed by atoms with Crippen LogP contribution in [0.3, 0.4) is 0 Å². The largest absolute Gasteiger partial charge is 0.394 e. The van der Waals surface area contributed by atoms with Crippen molar-refractivity contribution >= 4 is 5.82 Å². The van der Waals surface area contributed by atoms with E-state index in [1.807, 2.05) is 13.8 Å². The monoisotopic (exact) mass is 331 g/mol. The molecule has 9 heteroatoms. The summed E-state index contributed by atoms with van der Waals surface area (Å²) < 4.78 is 33.4. The minimum atomic E-state index is -3.37. The summed E-state index contributed by atoms with van der Waals surface area (Å²) in [7, 11) is 0. The van der Waals surface area contributed by atoms with E-state index in [-0.39, 0.29) is 17.8 Å². The number of halogens is 2. The van der Waals surface area contributed by atoms with E-state index < -0.39 is 30.6 Å². The molecule has 1 fully saturated rings. The molecule has 2 heterocycles. The van der Waals surface area contributed by atoms with Gasteiger partial charge in [-0.1, -0.05) is 13.8 Å². The quantitative estimate of drug-likeness (QED) is 0.696. The zero-order valence-corrected chi connectivity index (χ0v) is 12.9.